The van der Waals surface area contributed by atoms with Crippen LogP contribution in [0.5, 0.6) is 0 Å². The van der Waals surface area contributed by atoms with E-state index in [0.29, 0.717) is 31.4 Å². The average Bonchev–Trinajstić information content (AvgIpc) is 3.16. The quantitative estimate of drug-likeness (QED) is 0.824. The van der Waals surface area contributed by atoms with Gasteiger partial charge in [0.1, 0.15) is 17.2 Å². The van der Waals surface area contributed by atoms with E-state index in [2.05, 4.69) is 23.8 Å². The first-order valence-electron chi connectivity index (χ1n) is 9.71. The topological polar surface area (TPSA) is 63.7 Å². The largest absolute Gasteiger partial charge is 0.465 e. The smallest absolute Gasteiger partial charge is 0.274 e. The van der Waals surface area contributed by atoms with Crippen LogP contribution >= 0.6 is 0 Å². The zero-order chi connectivity index (χ0) is 19.0. The molecule has 4 rings (SSSR count). The molecule has 2 aliphatic heterocycles. The minimum atomic E-state index is 0.00518. The third-order valence-electron chi connectivity index (χ3n) is 5.34. The van der Waals surface area contributed by atoms with Gasteiger partial charge in [-0.2, -0.15) is 5.10 Å². The summed E-state index contributed by atoms with van der Waals surface area (Å²) in [6.45, 7) is 10.5. The van der Waals surface area contributed by atoms with Crippen molar-refractivity contribution in [2.45, 2.75) is 39.4 Å². The molecule has 2 aliphatic rings. The van der Waals surface area contributed by atoms with Crippen LogP contribution < -0.4 is 0 Å². The number of fused-ring (bicyclic) bond motifs is 3. The van der Waals surface area contributed by atoms with Crippen LogP contribution in [0.1, 0.15) is 41.9 Å². The second-order valence-corrected chi connectivity index (χ2v) is 8.00. The van der Waals surface area contributed by atoms with Crippen molar-refractivity contribution in [1.29, 1.82) is 0 Å². The molecule has 2 aromatic rings. The summed E-state index contributed by atoms with van der Waals surface area (Å²) in [6.07, 6.45) is 1.88. The van der Waals surface area contributed by atoms with Crippen molar-refractivity contribution in [3.05, 3.63) is 41.6 Å². The van der Waals surface area contributed by atoms with E-state index >= 15 is 0 Å². The van der Waals surface area contributed by atoms with E-state index in [1.807, 2.05) is 40.9 Å². The van der Waals surface area contributed by atoms with Crippen LogP contribution in [0.2, 0.25) is 0 Å². The standard InChI is InChI=1S/C20H28N4O3/c1-14(2)24-7-6-19(21-24)20(25)23-9-16-8-22(10-17(23)13-26-12-16)11-18-5-4-15(3)27-18/h4-7,14,16-17H,8-13H2,1-3H3/t16-,17-/m0/s1. The lowest BCUT2D eigenvalue weighted by Gasteiger charge is -2.30. The van der Waals surface area contributed by atoms with Crippen LogP contribution in [-0.4, -0.2) is 64.4 Å². The Morgan fingerprint density at radius 3 is 2.78 bits per heavy atom. The van der Waals surface area contributed by atoms with E-state index in [1.54, 1.807) is 0 Å². The molecule has 7 nitrogen and oxygen atoms in total. The number of hydrogen-bond donors (Lipinski definition) is 0. The van der Waals surface area contributed by atoms with Crippen molar-refractivity contribution < 1.29 is 13.9 Å². The molecule has 0 aromatic carbocycles. The third kappa shape index (κ3) is 3.94. The lowest BCUT2D eigenvalue weighted by molar-refractivity contribution is 0.0408. The number of aromatic nitrogens is 2. The van der Waals surface area contributed by atoms with Crippen LogP contribution in [-0.2, 0) is 11.3 Å². The van der Waals surface area contributed by atoms with Gasteiger partial charge in [-0.25, -0.2) is 0 Å². The second-order valence-electron chi connectivity index (χ2n) is 8.00. The van der Waals surface area contributed by atoms with E-state index in [1.165, 1.54) is 0 Å². The highest BCUT2D eigenvalue weighted by molar-refractivity contribution is 5.92. The molecule has 0 radical (unpaired) electrons. The van der Waals surface area contributed by atoms with Gasteiger partial charge in [0, 0.05) is 37.8 Å². The summed E-state index contributed by atoms with van der Waals surface area (Å²) >= 11 is 0. The van der Waals surface area contributed by atoms with Crippen LogP contribution in [0, 0.1) is 12.8 Å². The maximum Gasteiger partial charge on any atom is 0.274 e. The highest BCUT2D eigenvalue weighted by Crippen LogP contribution is 2.23. The highest BCUT2D eigenvalue weighted by atomic mass is 16.5. The molecule has 0 aliphatic carbocycles. The van der Waals surface area contributed by atoms with Gasteiger partial charge in [0.2, 0.25) is 0 Å². The first-order chi connectivity index (χ1) is 13.0. The number of amides is 1. The summed E-state index contributed by atoms with van der Waals surface area (Å²) in [4.78, 5) is 17.5. The van der Waals surface area contributed by atoms with Gasteiger partial charge in [0.05, 0.1) is 25.8 Å². The van der Waals surface area contributed by atoms with Crippen LogP contribution in [0.3, 0.4) is 0 Å². The summed E-state index contributed by atoms with van der Waals surface area (Å²) in [6, 6.07) is 6.13. The van der Waals surface area contributed by atoms with Gasteiger partial charge in [-0.15, -0.1) is 0 Å². The van der Waals surface area contributed by atoms with E-state index in [4.69, 9.17) is 9.15 Å². The molecule has 2 bridgehead atoms. The summed E-state index contributed by atoms with van der Waals surface area (Å²) < 4.78 is 13.4. The molecule has 4 heterocycles. The molecular weight excluding hydrogens is 344 g/mol. The minimum absolute atomic E-state index is 0.00518. The van der Waals surface area contributed by atoms with Gasteiger partial charge < -0.3 is 14.1 Å². The van der Waals surface area contributed by atoms with Crippen molar-refractivity contribution in [3.8, 4) is 0 Å². The van der Waals surface area contributed by atoms with Crippen LogP contribution in [0.15, 0.2) is 28.8 Å². The summed E-state index contributed by atoms with van der Waals surface area (Å²) in [5, 5.41) is 4.48. The molecule has 0 saturated carbocycles. The zero-order valence-corrected chi connectivity index (χ0v) is 16.3. The fourth-order valence-electron chi connectivity index (χ4n) is 4.00. The fraction of sp³-hybridized carbons (Fsp3) is 0.600. The molecule has 7 heteroatoms. The molecular formula is C20H28N4O3. The number of aryl methyl sites for hydroxylation is 1. The number of carbonyl (C=O) groups excluding carboxylic acids is 1. The molecule has 2 aromatic heterocycles. The minimum Gasteiger partial charge on any atom is -0.465 e. The Kier molecular flexibility index (Phi) is 5.06. The Bertz CT molecular complexity index is 797. The fourth-order valence-corrected chi connectivity index (χ4v) is 4.00. The first kappa shape index (κ1) is 18.3. The maximum atomic E-state index is 13.2. The van der Waals surface area contributed by atoms with E-state index < -0.39 is 0 Å². The van der Waals surface area contributed by atoms with Crippen molar-refractivity contribution >= 4 is 5.91 Å². The molecule has 2 atom stereocenters. The molecule has 0 unspecified atom stereocenters. The number of ether oxygens (including phenoxy) is 1. The average molecular weight is 372 g/mol. The van der Waals surface area contributed by atoms with Gasteiger partial charge in [-0.1, -0.05) is 0 Å². The Morgan fingerprint density at radius 2 is 2.07 bits per heavy atom. The lowest BCUT2D eigenvalue weighted by atomic mass is 10.1. The van der Waals surface area contributed by atoms with Crippen molar-refractivity contribution in [2.24, 2.45) is 5.92 Å². The van der Waals surface area contributed by atoms with Crippen LogP contribution in [0.25, 0.3) is 0 Å². The summed E-state index contributed by atoms with van der Waals surface area (Å²) in [5.41, 5.74) is 0.518. The number of rotatable bonds is 4. The van der Waals surface area contributed by atoms with Gasteiger partial charge in [-0.05, 0) is 39.0 Å². The molecule has 146 valence electrons. The Balaban J connectivity index is 1.51. The Hall–Kier alpha value is -2.12. The van der Waals surface area contributed by atoms with Crippen molar-refractivity contribution in [1.82, 2.24) is 19.6 Å². The van der Waals surface area contributed by atoms with Crippen LogP contribution in [0.4, 0.5) is 0 Å². The molecule has 2 fully saturated rings. The van der Waals surface area contributed by atoms with Gasteiger partial charge in [0.15, 0.2) is 0 Å². The predicted molar refractivity (Wildman–Crippen MR) is 100 cm³/mol. The number of nitrogens with zero attached hydrogens (tertiary/aromatic N) is 4. The Morgan fingerprint density at radius 1 is 1.22 bits per heavy atom. The predicted octanol–water partition coefficient (Wildman–Crippen LogP) is 2.34. The summed E-state index contributed by atoms with van der Waals surface area (Å²) in [5.74, 6) is 2.21. The molecule has 2 saturated heterocycles. The zero-order valence-electron chi connectivity index (χ0n) is 16.3. The first-order valence-corrected chi connectivity index (χ1v) is 9.71. The van der Waals surface area contributed by atoms with E-state index in [0.717, 1.165) is 31.2 Å². The SMILES string of the molecule is Cc1ccc(CN2C[C@@H]3COC[C@H](C2)N(C(=O)c2ccn(C(C)C)n2)C3)o1. The lowest BCUT2D eigenvalue weighted by Crippen LogP contribution is -2.46. The van der Waals surface area contributed by atoms with E-state index in [-0.39, 0.29) is 18.0 Å². The Labute approximate surface area is 159 Å². The monoisotopic (exact) mass is 372 g/mol. The van der Waals surface area contributed by atoms with Gasteiger partial charge in [-0.3, -0.25) is 14.4 Å². The van der Waals surface area contributed by atoms with Crippen molar-refractivity contribution in [3.63, 3.8) is 0 Å². The van der Waals surface area contributed by atoms with Gasteiger partial charge >= 0.3 is 0 Å². The second kappa shape index (κ2) is 7.48. The molecule has 0 N–H and O–H groups in total. The number of carbonyl (C=O) groups is 1. The van der Waals surface area contributed by atoms with Crippen molar-refractivity contribution in [2.75, 3.05) is 32.8 Å². The highest BCUT2D eigenvalue weighted by Gasteiger charge is 2.37. The number of furan rings is 1. The molecule has 1 amide bonds. The molecule has 27 heavy (non-hydrogen) atoms. The normalized spacial score (nSPS) is 23.6. The third-order valence-corrected chi connectivity index (χ3v) is 5.34. The van der Waals surface area contributed by atoms with E-state index in [9.17, 15) is 4.79 Å². The summed E-state index contributed by atoms with van der Waals surface area (Å²) in [7, 11) is 0. The van der Waals surface area contributed by atoms with Gasteiger partial charge in [0.25, 0.3) is 5.91 Å². The maximum absolute atomic E-state index is 13.2. The molecule has 0 spiro atoms. The number of hydrogen-bond acceptors (Lipinski definition) is 5.